The van der Waals surface area contributed by atoms with Crippen molar-refractivity contribution >= 4 is 50.1 Å². The summed E-state index contributed by atoms with van der Waals surface area (Å²) in [4.78, 5) is 24.4. The van der Waals surface area contributed by atoms with Gasteiger partial charge in [0.15, 0.2) is 21.8 Å². The van der Waals surface area contributed by atoms with E-state index in [1.807, 2.05) is 0 Å². The van der Waals surface area contributed by atoms with Crippen LogP contribution >= 0.6 is 23.1 Å². The topological polar surface area (TPSA) is 140 Å². The lowest BCUT2D eigenvalue weighted by Gasteiger charge is -2.19. The summed E-state index contributed by atoms with van der Waals surface area (Å²) >= 11 is 2.58. The van der Waals surface area contributed by atoms with Gasteiger partial charge in [0.25, 0.3) is 5.69 Å². The first-order chi connectivity index (χ1) is 14.3. The highest BCUT2D eigenvalue weighted by atomic mass is 32.2. The average molecular weight is 449 g/mol. The number of aliphatic hydroxyl groups is 1. The van der Waals surface area contributed by atoms with Gasteiger partial charge in [-0.2, -0.15) is 0 Å². The van der Waals surface area contributed by atoms with Gasteiger partial charge in [-0.15, -0.1) is 0 Å². The quantitative estimate of drug-likeness (QED) is 0.192. The molecule has 3 aromatic rings. The summed E-state index contributed by atoms with van der Waals surface area (Å²) in [6.45, 7) is 5.86. The van der Waals surface area contributed by atoms with E-state index in [0.29, 0.717) is 44.6 Å². The largest absolute Gasteiger partial charge is 0.394 e. The Morgan fingerprint density at radius 1 is 1.33 bits per heavy atom. The average Bonchev–Trinajstić information content (AvgIpc) is 3.05. The van der Waals surface area contributed by atoms with Crippen molar-refractivity contribution in [2.75, 3.05) is 17.7 Å². The summed E-state index contributed by atoms with van der Waals surface area (Å²) < 4.78 is 0.723. The predicted molar refractivity (Wildman–Crippen MR) is 121 cm³/mol. The Labute approximate surface area is 182 Å². The number of nitrogens with two attached hydrogens (primary N) is 1. The van der Waals surface area contributed by atoms with Crippen LogP contribution in [0.15, 0.2) is 23.4 Å². The van der Waals surface area contributed by atoms with Crippen LogP contribution < -0.4 is 11.1 Å². The highest BCUT2D eigenvalue weighted by Crippen LogP contribution is 2.33. The van der Waals surface area contributed by atoms with Gasteiger partial charge >= 0.3 is 0 Å². The van der Waals surface area contributed by atoms with Crippen LogP contribution in [0.3, 0.4) is 0 Å². The number of nitro groups is 1. The molecule has 0 amide bonds. The first-order valence-electron chi connectivity index (χ1n) is 9.45. The van der Waals surface area contributed by atoms with Gasteiger partial charge in [-0.25, -0.2) is 15.0 Å². The summed E-state index contributed by atoms with van der Waals surface area (Å²) in [6.07, 6.45) is 0.772. The van der Waals surface area contributed by atoms with E-state index < -0.39 is 0 Å². The lowest BCUT2D eigenvalue weighted by Crippen LogP contribution is -2.26. The highest BCUT2D eigenvalue weighted by molar-refractivity contribution is 7.98. The Morgan fingerprint density at radius 3 is 2.77 bits per heavy atom. The van der Waals surface area contributed by atoms with Crippen LogP contribution in [0.1, 0.15) is 31.4 Å². The molecule has 160 valence electrons. The smallest absolute Gasteiger partial charge is 0.276 e. The Morgan fingerprint density at radius 2 is 2.10 bits per heavy atom. The van der Waals surface area contributed by atoms with Gasteiger partial charge in [0.1, 0.15) is 4.70 Å². The van der Waals surface area contributed by atoms with E-state index in [1.54, 1.807) is 25.1 Å². The second kappa shape index (κ2) is 9.54. The predicted octanol–water partition coefficient (Wildman–Crippen LogP) is 4.00. The lowest BCUT2D eigenvalue weighted by atomic mass is 10.0. The molecule has 4 N–H and O–H groups in total. The van der Waals surface area contributed by atoms with E-state index in [9.17, 15) is 15.2 Å². The number of nitrogens with zero attached hydrogens (tertiary/aromatic N) is 4. The third-order valence-corrected chi connectivity index (χ3v) is 6.20. The van der Waals surface area contributed by atoms with E-state index in [-0.39, 0.29) is 23.3 Å². The molecule has 0 spiro atoms. The van der Waals surface area contributed by atoms with Crippen LogP contribution in [0.25, 0.3) is 10.3 Å². The van der Waals surface area contributed by atoms with Crippen molar-refractivity contribution in [1.82, 2.24) is 15.0 Å². The fraction of sp³-hybridized carbons (Fsp3) is 0.421. The summed E-state index contributed by atoms with van der Waals surface area (Å²) in [7, 11) is 0. The summed E-state index contributed by atoms with van der Waals surface area (Å²) in [5.74, 6) is 1.31. The number of benzene rings is 1. The molecule has 0 aliphatic carbocycles. The first kappa shape index (κ1) is 22.2. The molecule has 1 atom stereocenters. The standard InChI is InChI=1S/C19H24N6O3S2/c1-10(2)7-13(8-26)21-16-15-17(22-18(20)30-15)24-19(23-16)29-9-12-6-4-5-11(3)14(12)25(27)28/h4-6,10,13,26H,7-9H2,1-3H3,(H3,20,21,22,23,24)/t13-/m1/s1. The number of hydrogen-bond acceptors (Lipinski definition) is 10. The number of nitrogen functional groups attached to an aromatic ring is 1. The fourth-order valence-electron chi connectivity index (χ4n) is 3.16. The molecule has 11 heteroatoms. The second-order valence-electron chi connectivity index (χ2n) is 7.34. The van der Waals surface area contributed by atoms with Crippen LogP contribution in [0.2, 0.25) is 0 Å². The molecule has 3 rings (SSSR count). The Kier molecular flexibility index (Phi) is 7.06. The van der Waals surface area contributed by atoms with Gasteiger partial charge < -0.3 is 16.2 Å². The third-order valence-electron chi connectivity index (χ3n) is 4.43. The number of fused-ring (bicyclic) bond motifs is 1. The van der Waals surface area contributed by atoms with E-state index in [4.69, 9.17) is 5.73 Å². The number of nitro benzene ring substituents is 1. The van der Waals surface area contributed by atoms with E-state index >= 15 is 0 Å². The molecule has 0 fully saturated rings. The maximum atomic E-state index is 11.4. The number of hydrogen-bond donors (Lipinski definition) is 3. The lowest BCUT2D eigenvalue weighted by molar-refractivity contribution is -0.386. The monoisotopic (exact) mass is 448 g/mol. The van der Waals surface area contributed by atoms with Crippen molar-refractivity contribution in [3.63, 3.8) is 0 Å². The van der Waals surface area contributed by atoms with Gasteiger partial charge in [-0.1, -0.05) is 55.1 Å². The van der Waals surface area contributed by atoms with Gasteiger partial charge in [0, 0.05) is 16.9 Å². The molecule has 0 aliphatic rings. The van der Waals surface area contributed by atoms with Crippen molar-refractivity contribution in [3.05, 3.63) is 39.4 Å². The van der Waals surface area contributed by atoms with Crippen molar-refractivity contribution in [1.29, 1.82) is 0 Å². The molecule has 0 unspecified atom stereocenters. The summed E-state index contributed by atoms with van der Waals surface area (Å²) in [5, 5.41) is 25.3. The number of thiazole rings is 1. The molecule has 0 saturated carbocycles. The van der Waals surface area contributed by atoms with Crippen LogP contribution in [0.4, 0.5) is 16.6 Å². The van der Waals surface area contributed by atoms with Crippen LogP contribution in [-0.2, 0) is 5.75 Å². The SMILES string of the molecule is Cc1cccc(CSc2nc(N[C@@H](CO)CC(C)C)c3sc(N)nc3n2)c1[N+](=O)[O-]. The Hall–Kier alpha value is -2.50. The number of aryl methyl sites for hydroxylation is 1. The number of aromatic nitrogens is 3. The van der Waals surface area contributed by atoms with E-state index in [1.165, 1.54) is 23.1 Å². The highest BCUT2D eigenvalue weighted by Gasteiger charge is 2.20. The summed E-state index contributed by atoms with van der Waals surface area (Å²) in [5.41, 5.74) is 7.67. The molecule has 2 aromatic heterocycles. The number of anilines is 2. The van der Waals surface area contributed by atoms with Gasteiger partial charge in [-0.3, -0.25) is 10.1 Å². The fourth-order valence-corrected chi connectivity index (χ4v) is 4.71. The molecule has 1 aromatic carbocycles. The molecular formula is C19H24N6O3S2. The van der Waals surface area contributed by atoms with E-state index in [2.05, 4.69) is 34.1 Å². The number of aliphatic hydroxyl groups excluding tert-OH is 1. The minimum Gasteiger partial charge on any atom is -0.394 e. The second-order valence-corrected chi connectivity index (χ2v) is 9.31. The number of para-hydroxylation sites is 1. The van der Waals surface area contributed by atoms with Crippen molar-refractivity contribution < 1.29 is 10.0 Å². The number of thioether (sulfide) groups is 1. The Bertz CT molecular complexity index is 1060. The van der Waals surface area contributed by atoms with Crippen LogP contribution in [0.5, 0.6) is 0 Å². The Balaban J connectivity index is 1.90. The number of rotatable bonds is 9. The zero-order valence-corrected chi connectivity index (χ0v) is 18.6. The van der Waals surface area contributed by atoms with Gasteiger partial charge in [0.2, 0.25) is 0 Å². The molecule has 9 nitrogen and oxygen atoms in total. The molecule has 0 aliphatic heterocycles. The molecule has 0 saturated heterocycles. The van der Waals surface area contributed by atoms with Crippen molar-refractivity contribution in [3.8, 4) is 0 Å². The zero-order valence-electron chi connectivity index (χ0n) is 17.0. The van der Waals surface area contributed by atoms with Crippen LogP contribution in [0, 0.1) is 23.0 Å². The third kappa shape index (κ3) is 5.15. The zero-order chi connectivity index (χ0) is 21.8. The normalized spacial score (nSPS) is 12.4. The minimum absolute atomic E-state index is 0.0318. The molecule has 0 bridgehead atoms. The molecular weight excluding hydrogens is 424 g/mol. The van der Waals surface area contributed by atoms with Crippen molar-refractivity contribution in [2.24, 2.45) is 5.92 Å². The van der Waals surface area contributed by atoms with Gasteiger partial charge in [0.05, 0.1) is 17.6 Å². The maximum absolute atomic E-state index is 11.4. The molecule has 2 heterocycles. The van der Waals surface area contributed by atoms with E-state index in [0.717, 1.165) is 11.1 Å². The molecule has 0 radical (unpaired) electrons. The van der Waals surface area contributed by atoms with Gasteiger partial charge in [-0.05, 0) is 19.3 Å². The maximum Gasteiger partial charge on any atom is 0.276 e. The first-order valence-corrected chi connectivity index (χ1v) is 11.3. The number of nitrogens with one attached hydrogen (secondary N) is 1. The molecule has 30 heavy (non-hydrogen) atoms. The minimum atomic E-state index is -0.360. The van der Waals surface area contributed by atoms with Crippen LogP contribution in [-0.4, -0.2) is 37.6 Å². The summed E-state index contributed by atoms with van der Waals surface area (Å²) in [6, 6.07) is 5.09. The van der Waals surface area contributed by atoms with Crippen molar-refractivity contribution in [2.45, 2.75) is 44.1 Å².